The molecule has 15 heavy (non-hydrogen) atoms. The van der Waals surface area contributed by atoms with Gasteiger partial charge in [-0.05, 0) is 0 Å². The van der Waals surface area contributed by atoms with E-state index in [4.69, 9.17) is 20.7 Å². The predicted octanol–water partition coefficient (Wildman–Crippen LogP) is -4.22. The first-order chi connectivity index (χ1) is 6.36. The molecular weight excluding hydrogens is 403 g/mol. The molecule has 0 fully saturated rings. The van der Waals surface area contributed by atoms with Crippen LogP contribution in [0.5, 0.6) is 0 Å². The van der Waals surface area contributed by atoms with E-state index in [0.29, 0.717) is 0 Å². The van der Waals surface area contributed by atoms with Crippen molar-refractivity contribution in [3.63, 3.8) is 0 Å². The Kier molecular flexibility index (Phi) is 13.5. The summed E-state index contributed by atoms with van der Waals surface area (Å²) in [6, 6.07) is 0. The average Bonchev–Trinajstić information content (AvgIpc) is 2.15. The van der Waals surface area contributed by atoms with E-state index in [1.807, 2.05) is 0 Å². The molecule has 0 amide bonds. The van der Waals surface area contributed by atoms with Crippen LogP contribution in [-0.2, 0) is 50.0 Å². The van der Waals surface area contributed by atoms with Gasteiger partial charge in [-0.25, -0.2) is 19.2 Å². The van der Waals surface area contributed by atoms with Crippen molar-refractivity contribution >= 4 is 23.9 Å². The molecular formula is C4H2O10Pt. The molecule has 0 saturated carbocycles. The van der Waals surface area contributed by atoms with E-state index < -0.39 is 23.9 Å². The van der Waals surface area contributed by atoms with Crippen molar-refractivity contribution in [1.82, 2.24) is 0 Å². The number of carboxylic acid groups (broad SMARTS) is 2. The Labute approximate surface area is 95.1 Å². The Hall–Kier alpha value is -1.51. The Morgan fingerprint density at radius 1 is 0.800 bits per heavy atom. The molecule has 10 nitrogen and oxygen atoms in total. The van der Waals surface area contributed by atoms with Crippen molar-refractivity contribution < 1.29 is 70.7 Å². The van der Waals surface area contributed by atoms with E-state index in [-0.39, 0.29) is 21.1 Å². The maximum absolute atomic E-state index is 9.38. The van der Waals surface area contributed by atoms with Crippen LogP contribution in [0.15, 0.2) is 0 Å². The molecule has 0 aliphatic heterocycles. The normalized spacial score (nSPS) is 7.07. The van der Waals surface area contributed by atoms with Crippen LogP contribution >= 0.6 is 0 Å². The summed E-state index contributed by atoms with van der Waals surface area (Å²) in [6.07, 6.45) is 0. The van der Waals surface area contributed by atoms with E-state index in [1.165, 1.54) is 0 Å². The summed E-state index contributed by atoms with van der Waals surface area (Å²) < 4.78 is 0. The van der Waals surface area contributed by atoms with Crippen molar-refractivity contribution in [1.29, 1.82) is 0 Å². The van der Waals surface area contributed by atoms with Crippen LogP contribution in [-0.4, -0.2) is 34.1 Å². The van der Waals surface area contributed by atoms with Crippen LogP contribution in [0.2, 0.25) is 0 Å². The second-order valence-electron chi connectivity index (χ2n) is 1.35. The molecule has 2 N–H and O–H groups in total. The van der Waals surface area contributed by atoms with Gasteiger partial charge >= 0.3 is 44.9 Å². The zero-order chi connectivity index (χ0) is 11.7. The predicted molar refractivity (Wildman–Crippen MR) is 27.5 cm³/mol. The van der Waals surface area contributed by atoms with Crippen LogP contribution in [0.4, 0.5) is 0 Å². The number of hydrogen-bond acceptors (Lipinski definition) is 8. The minimum Gasteiger partial charge on any atom is -0.661 e. The Morgan fingerprint density at radius 2 is 1.00 bits per heavy atom. The second-order valence-corrected chi connectivity index (χ2v) is 1.35. The maximum atomic E-state index is 9.38. The van der Waals surface area contributed by atoms with Gasteiger partial charge in [0.25, 0.3) is 0 Å². The molecule has 0 heterocycles. The van der Waals surface area contributed by atoms with E-state index in [9.17, 15) is 19.2 Å². The zero-order valence-corrected chi connectivity index (χ0v) is 8.75. The van der Waals surface area contributed by atoms with Gasteiger partial charge in [-0.15, -0.1) is 0 Å². The van der Waals surface area contributed by atoms with Gasteiger partial charge in [-0.2, -0.15) is 0 Å². The molecule has 0 atom stereocenters. The molecule has 0 spiro atoms. The number of aliphatic carboxylic acids is 2. The van der Waals surface area contributed by atoms with E-state index in [0.717, 1.165) is 0 Å². The average molecular weight is 405 g/mol. The summed E-state index contributed by atoms with van der Waals surface area (Å²) in [4.78, 5) is 42.3. The Morgan fingerprint density at radius 3 is 1.00 bits per heavy atom. The monoisotopic (exact) mass is 405 g/mol. The fourth-order valence-electron chi connectivity index (χ4n) is 0.0713. The molecule has 0 aromatic heterocycles. The van der Waals surface area contributed by atoms with Gasteiger partial charge in [-0.1, -0.05) is 0 Å². The van der Waals surface area contributed by atoms with Crippen LogP contribution < -0.4 is 10.5 Å². The summed E-state index contributed by atoms with van der Waals surface area (Å²) in [5.74, 6) is -7.34. The van der Waals surface area contributed by atoms with Gasteiger partial charge in [-0.3, -0.25) is 0 Å². The van der Waals surface area contributed by atoms with Crippen molar-refractivity contribution in [3.05, 3.63) is 0 Å². The third kappa shape index (κ3) is 12.5. The standard InChI is InChI=1S/2C2H2O5.Pt/c2*3-1(4)2(5)7-6;/h2*6H,(H,3,4);/q;;+2/p-2. The van der Waals surface area contributed by atoms with Gasteiger partial charge in [0.15, 0.2) is 0 Å². The van der Waals surface area contributed by atoms with Crippen LogP contribution in [0.25, 0.3) is 0 Å². The Bertz CT molecular complexity index is 220. The van der Waals surface area contributed by atoms with Gasteiger partial charge in [0.1, 0.15) is 0 Å². The molecule has 88 valence electrons. The van der Waals surface area contributed by atoms with E-state index >= 15 is 0 Å². The molecule has 0 bridgehead atoms. The zero-order valence-electron chi connectivity index (χ0n) is 6.48. The topological polar surface area (TPSA) is 173 Å². The summed E-state index contributed by atoms with van der Waals surface area (Å²) in [5, 5.41) is 32.7. The fraction of sp³-hybridized carbons (Fsp3) is 0. The molecule has 0 aromatic carbocycles. The number of carbonyl (C=O) groups is 4. The third-order valence-corrected chi connectivity index (χ3v) is 0.501. The number of hydrogen-bond donors (Lipinski definition) is 2. The molecule has 0 aliphatic rings. The molecule has 0 unspecified atom stereocenters. The fourth-order valence-corrected chi connectivity index (χ4v) is 0.0713. The molecule has 0 aliphatic carbocycles. The largest absolute Gasteiger partial charge is 2.00 e. The third-order valence-electron chi connectivity index (χ3n) is 0.501. The maximum Gasteiger partial charge on any atom is 2.00 e. The van der Waals surface area contributed by atoms with Gasteiger partial charge in [0.2, 0.25) is 0 Å². The molecule has 0 rings (SSSR count). The number of rotatable bonds is 0. The first-order valence-electron chi connectivity index (χ1n) is 2.51. The molecule has 0 radical (unpaired) electrons. The summed E-state index contributed by atoms with van der Waals surface area (Å²) in [6.45, 7) is 0. The van der Waals surface area contributed by atoms with Crippen LogP contribution in [0.1, 0.15) is 0 Å². The summed E-state index contributed by atoms with van der Waals surface area (Å²) >= 11 is 0. The van der Waals surface area contributed by atoms with Crippen molar-refractivity contribution in [3.8, 4) is 0 Å². The summed E-state index contributed by atoms with van der Waals surface area (Å²) in [7, 11) is 0. The van der Waals surface area contributed by atoms with Crippen LogP contribution in [0.3, 0.4) is 0 Å². The second kappa shape index (κ2) is 10.6. The van der Waals surface area contributed by atoms with Gasteiger partial charge < -0.3 is 30.5 Å². The molecule has 0 saturated heterocycles. The minimum absolute atomic E-state index is 0. The van der Waals surface area contributed by atoms with Crippen molar-refractivity contribution in [2.75, 3.05) is 0 Å². The SMILES string of the molecule is O=C(O)C(=O)O[O-].O=C(O)C(=O)O[O-].[Pt+2]. The van der Waals surface area contributed by atoms with Crippen molar-refractivity contribution in [2.24, 2.45) is 0 Å². The van der Waals surface area contributed by atoms with Crippen molar-refractivity contribution in [2.45, 2.75) is 0 Å². The van der Waals surface area contributed by atoms with Gasteiger partial charge in [0, 0.05) is 0 Å². The smallest absolute Gasteiger partial charge is 0.661 e. The quantitative estimate of drug-likeness (QED) is 0.228. The first-order valence-corrected chi connectivity index (χ1v) is 2.51. The minimum atomic E-state index is -1.88. The first kappa shape index (κ1) is 19.1. The van der Waals surface area contributed by atoms with E-state index in [1.54, 1.807) is 0 Å². The molecule has 11 heteroatoms. The summed E-state index contributed by atoms with van der Waals surface area (Å²) in [5.41, 5.74) is 0. The number of carbonyl (C=O) groups excluding carboxylic acids is 2. The van der Waals surface area contributed by atoms with Gasteiger partial charge in [0.05, 0.1) is 0 Å². The van der Waals surface area contributed by atoms with Crippen LogP contribution in [0, 0.1) is 0 Å². The number of carboxylic acids is 2. The Balaban J connectivity index is -0.000000180. The van der Waals surface area contributed by atoms with E-state index in [2.05, 4.69) is 9.78 Å². The molecule has 0 aromatic rings.